The Hall–Kier alpha value is -2.05. The van der Waals surface area contributed by atoms with Crippen LogP contribution >= 0.6 is 0 Å². The summed E-state index contributed by atoms with van der Waals surface area (Å²) >= 11 is 0. The van der Waals surface area contributed by atoms with Crippen molar-refractivity contribution in [2.75, 3.05) is 32.0 Å². The van der Waals surface area contributed by atoms with Crippen LogP contribution in [-0.4, -0.2) is 67.0 Å². The summed E-state index contributed by atoms with van der Waals surface area (Å²) in [7, 11) is 1.68. The maximum atomic E-state index is 13.7. The highest BCUT2D eigenvalue weighted by Gasteiger charge is 2.40. The van der Waals surface area contributed by atoms with Gasteiger partial charge in [-0.25, -0.2) is 4.39 Å². The zero-order valence-electron chi connectivity index (χ0n) is 16.6. The molecule has 10 nitrogen and oxygen atoms in total. The van der Waals surface area contributed by atoms with E-state index in [1.54, 1.807) is 24.3 Å². The van der Waals surface area contributed by atoms with Gasteiger partial charge in [0.25, 0.3) is 0 Å². The van der Waals surface area contributed by atoms with Crippen molar-refractivity contribution in [3.8, 4) is 0 Å². The van der Waals surface area contributed by atoms with Gasteiger partial charge in [-0.05, 0) is 32.0 Å². The van der Waals surface area contributed by atoms with Crippen molar-refractivity contribution in [2.45, 2.75) is 43.8 Å². The summed E-state index contributed by atoms with van der Waals surface area (Å²) in [4.78, 5) is 30.1. The van der Waals surface area contributed by atoms with Crippen molar-refractivity contribution >= 4 is 11.6 Å². The lowest BCUT2D eigenvalue weighted by molar-refractivity contribution is -0.124. The molecule has 0 radical (unpaired) electrons. The summed E-state index contributed by atoms with van der Waals surface area (Å²) in [6, 6.07) is 2.04. The average Bonchev–Trinajstić information content (AvgIpc) is 2.70. The van der Waals surface area contributed by atoms with Gasteiger partial charge in [0.2, 0.25) is 5.91 Å². The molecule has 3 heterocycles. The predicted octanol–water partition coefficient (Wildman–Crippen LogP) is -0.143. The van der Waals surface area contributed by atoms with Crippen LogP contribution in [0.25, 0.3) is 0 Å². The molecule has 1 aromatic rings. The molecule has 2 aliphatic heterocycles. The van der Waals surface area contributed by atoms with Gasteiger partial charge in [-0.15, -0.1) is 4.91 Å². The van der Waals surface area contributed by atoms with Gasteiger partial charge < -0.3 is 11.1 Å². The van der Waals surface area contributed by atoms with E-state index in [-0.39, 0.29) is 25.0 Å². The Morgan fingerprint density at radius 3 is 3.00 bits per heavy atom. The van der Waals surface area contributed by atoms with Gasteiger partial charge >= 0.3 is 0 Å². The molecule has 3 rings (SSSR count). The smallest absolute Gasteiger partial charge is 0.234 e. The fourth-order valence-electron chi connectivity index (χ4n) is 4.13. The molecule has 1 aromatic heterocycles. The molecule has 0 bridgehead atoms. The van der Waals surface area contributed by atoms with Crippen LogP contribution in [0.5, 0.6) is 0 Å². The van der Waals surface area contributed by atoms with Crippen LogP contribution in [-0.2, 0) is 4.79 Å². The van der Waals surface area contributed by atoms with Gasteiger partial charge in [-0.1, -0.05) is 5.18 Å². The Balaban J connectivity index is 1.82. The largest absolute Gasteiger partial charge is 0.324 e. The first kappa shape index (κ1) is 21.7. The number of halogens is 1. The van der Waals surface area contributed by atoms with E-state index in [0.29, 0.717) is 5.69 Å². The molecule has 11 heteroatoms. The molecule has 29 heavy (non-hydrogen) atoms. The second kappa shape index (κ2) is 9.63. The maximum Gasteiger partial charge on any atom is 0.234 e. The fourth-order valence-corrected chi connectivity index (χ4v) is 4.13. The van der Waals surface area contributed by atoms with E-state index in [1.165, 1.54) is 0 Å². The van der Waals surface area contributed by atoms with Crippen LogP contribution in [0.4, 0.5) is 10.1 Å². The van der Waals surface area contributed by atoms with Crippen LogP contribution in [0.1, 0.15) is 24.8 Å². The monoisotopic (exact) mass is 408 g/mol. The summed E-state index contributed by atoms with van der Waals surface area (Å²) in [6.07, 6.45) is 1.24. The number of hydrogen-bond acceptors (Lipinski definition) is 9. The second-order valence-corrected chi connectivity index (χ2v) is 7.72. The van der Waals surface area contributed by atoms with Crippen molar-refractivity contribution in [3.63, 3.8) is 0 Å². The number of carbonyl (C=O) groups is 1. The molecule has 160 valence electrons. The highest BCUT2D eigenvalue weighted by atomic mass is 19.1. The van der Waals surface area contributed by atoms with Gasteiger partial charge in [0, 0.05) is 37.8 Å². The molecular weight excluding hydrogens is 379 g/mol. The molecular formula is C18H29FN8O2. The minimum absolute atomic E-state index is 0.0841. The van der Waals surface area contributed by atoms with Gasteiger partial charge in [0.05, 0.1) is 18.1 Å². The van der Waals surface area contributed by atoms with Gasteiger partial charge in [0.15, 0.2) is 6.17 Å². The number of pyridine rings is 1. The summed E-state index contributed by atoms with van der Waals surface area (Å²) in [5.41, 5.74) is 13.7. The number of amides is 1. The first-order valence-corrected chi connectivity index (χ1v) is 9.81. The Morgan fingerprint density at radius 1 is 1.52 bits per heavy atom. The number of carbonyl (C=O) groups excluding carboxylic acids is 1. The van der Waals surface area contributed by atoms with Crippen molar-refractivity contribution in [2.24, 2.45) is 16.8 Å². The highest BCUT2D eigenvalue weighted by Crippen LogP contribution is 2.31. The molecule has 0 aliphatic carbocycles. The van der Waals surface area contributed by atoms with E-state index in [9.17, 15) is 14.1 Å². The first-order chi connectivity index (χ1) is 13.9. The van der Waals surface area contributed by atoms with Crippen LogP contribution in [0.15, 0.2) is 23.6 Å². The summed E-state index contributed by atoms with van der Waals surface area (Å²) in [5.74, 6) is -1.27. The number of nitrogens with zero attached hydrogens (tertiary/aromatic N) is 3. The number of hydrogen-bond donors (Lipinski definition) is 5. The van der Waals surface area contributed by atoms with Crippen molar-refractivity contribution in [3.05, 3.63) is 28.9 Å². The number of hydrazine groups is 1. The number of rotatable bonds is 6. The normalized spacial score (nSPS) is 30.3. The maximum absolute atomic E-state index is 13.7. The molecule has 6 atom stereocenters. The summed E-state index contributed by atoms with van der Waals surface area (Å²) in [5, 5.41) is 8.72. The quantitative estimate of drug-likeness (QED) is 0.410. The van der Waals surface area contributed by atoms with E-state index in [2.05, 4.69) is 38.6 Å². The van der Waals surface area contributed by atoms with E-state index in [1.807, 2.05) is 6.07 Å². The second-order valence-electron chi connectivity index (χ2n) is 7.72. The number of aromatic nitrogens is 1. The minimum Gasteiger partial charge on any atom is -0.324 e. The molecule has 6 N–H and O–H groups in total. The van der Waals surface area contributed by atoms with E-state index in [4.69, 9.17) is 5.73 Å². The molecule has 2 aliphatic rings. The van der Waals surface area contributed by atoms with Gasteiger partial charge in [0.1, 0.15) is 12.1 Å². The Labute approximate surface area is 169 Å². The standard InChI is InChI=1S/C18H29FN8O2/c1-10-12(4-6-23-25-10)13-3-5-21-8-14(13)24-18(28)15(16(20)26-29)17-22-7-11(19)9-27(17)2/h3,5,8,10-12,15-17,22-23,25H,4,6-7,9,20H2,1-2H3,(H,24,28). The van der Waals surface area contributed by atoms with Crippen LogP contribution < -0.4 is 27.2 Å². The zero-order chi connectivity index (χ0) is 21.0. The predicted molar refractivity (Wildman–Crippen MR) is 107 cm³/mol. The lowest BCUT2D eigenvalue weighted by Gasteiger charge is -2.40. The van der Waals surface area contributed by atoms with Crippen LogP contribution in [0, 0.1) is 10.8 Å². The van der Waals surface area contributed by atoms with E-state index >= 15 is 0 Å². The van der Waals surface area contributed by atoms with Crippen LogP contribution in [0.2, 0.25) is 0 Å². The SMILES string of the molecule is CC1NNCCC1c1ccncc1NC(=O)C(C(N)N=O)C1NCC(F)CN1C. The lowest BCUT2D eigenvalue weighted by Crippen LogP contribution is -2.62. The van der Waals surface area contributed by atoms with E-state index < -0.39 is 30.3 Å². The molecule has 0 saturated carbocycles. The number of anilines is 1. The van der Waals surface area contributed by atoms with E-state index in [0.717, 1.165) is 18.5 Å². The topological polar surface area (TPSA) is 137 Å². The minimum atomic E-state index is -1.27. The van der Waals surface area contributed by atoms with Crippen molar-refractivity contribution in [1.29, 1.82) is 0 Å². The van der Waals surface area contributed by atoms with Crippen molar-refractivity contribution in [1.82, 2.24) is 26.1 Å². The Kier molecular flexibility index (Phi) is 7.19. The summed E-state index contributed by atoms with van der Waals surface area (Å²) < 4.78 is 13.7. The number of nitroso groups, excluding NO2 is 1. The summed E-state index contributed by atoms with van der Waals surface area (Å²) in [6.45, 7) is 3.09. The Bertz CT molecular complexity index is 723. The first-order valence-electron chi connectivity index (χ1n) is 9.81. The third-order valence-electron chi connectivity index (χ3n) is 5.67. The van der Waals surface area contributed by atoms with Gasteiger partial charge in [-0.3, -0.25) is 30.8 Å². The van der Waals surface area contributed by atoms with Crippen LogP contribution in [0.3, 0.4) is 0 Å². The number of nitrogens with one attached hydrogen (secondary N) is 4. The molecule has 2 saturated heterocycles. The van der Waals surface area contributed by atoms with Crippen molar-refractivity contribution < 1.29 is 9.18 Å². The highest BCUT2D eigenvalue weighted by molar-refractivity contribution is 5.94. The Morgan fingerprint density at radius 2 is 2.31 bits per heavy atom. The third kappa shape index (κ3) is 4.93. The zero-order valence-corrected chi connectivity index (χ0v) is 16.6. The molecule has 0 aromatic carbocycles. The number of alkyl halides is 1. The number of nitrogens with two attached hydrogens (primary N) is 1. The fraction of sp³-hybridized carbons (Fsp3) is 0.667. The van der Waals surface area contributed by atoms with Gasteiger partial charge in [-0.2, -0.15) is 0 Å². The molecule has 6 unspecified atom stereocenters. The molecule has 1 amide bonds. The average molecular weight is 408 g/mol. The molecule has 2 fully saturated rings. The third-order valence-corrected chi connectivity index (χ3v) is 5.67. The lowest BCUT2D eigenvalue weighted by atomic mass is 9.88. The molecule has 0 spiro atoms.